The maximum Gasteiger partial charge on any atom is 0.329 e. The molecule has 0 aliphatic heterocycles. The molecular weight excluding hydrogens is 294 g/mol. The molecule has 1 aliphatic rings. The van der Waals surface area contributed by atoms with Crippen molar-refractivity contribution < 1.29 is 14.7 Å². The molecule has 0 spiro atoms. The second-order valence-corrected chi connectivity index (χ2v) is 5.96. The fraction of sp³-hybridized carbons (Fsp3) is 0.353. The minimum atomic E-state index is -1.13. The van der Waals surface area contributed by atoms with E-state index in [4.69, 9.17) is 0 Å². The van der Waals surface area contributed by atoms with E-state index in [2.05, 4.69) is 10.4 Å². The van der Waals surface area contributed by atoms with Gasteiger partial charge in [-0.1, -0.05) is 43.2 Å². The van der Waals surface area contributed by atoms with Gasteiger partial charge in [0.15, 0.2) is 0 Å². The Morgan fingerprint density at radius 2 is 1.91 bits per heavy atom. The lowest BCUT2D eigenvalue weighted by atomic mass is 9.97. The van der Waals surface area contributed by atoms with Gasteiger partial charge in [-0.05, 0) is 18.4 Å². The summed E-state index contributed by atoms with van der Waals surface area (Å²) in [6.45, 7) is 0.568. The van der Waals surface area contributed by atoms with E-state index in [0.29, 0.717) is 24.9 Å². The number of benzene rings is 1. The van der Waals surface area contributed by atoms with Crippen molar-refractivity contribution in [2.75, 3.05) is 0 Å². The lowest BCUT2D eigenvalue weighted by Crippen LogP contribution is -2.52. The van der Waals surface area contributed by atoms with E-state index in [1.165, 1.54) is 6.20 Å². The number of hydrogen-bond acceptors (Lipinski definition) is 3. The number of aromatic nitrogens is 2. The zero-order valence-corrected chi connectivity index (χ0v) is 12.7. The van der Waals surface area contributed by atoms with Gasteiger partial charge in [0, 0.05) is 6.20 Å². The molecule has 6 nitrogen and oxygen atoms in total. The van der Waals surface area contributed by atoms with Gasteiger partial charge in [-0.25, -0.2) is 4.79 Å². The Balaban J connectivity index is 1.70. The third kappa shape index (κ3) is 3.26. The van der Waals surface area contributed by atoms with Gasteiger partial charge >= 0.3 is 5.97 Å². The molecule has 0 bridgehead atoms. The molecule has 1 aliphatic carbocycles. The summed E-state index contributed by atoms with van der Waals surface area (Å²) in [6, 6.07) is 9.81. The first-order chi connectivity index (χ1) is 11.1. The van der Waals surface area contributed by atoms with Crippen LogP contribution in [0.1, 0.15) is 41.6 Å². The second kappa shape index (κ2) is 6.24. The van der Waals surface area contributed by atoms with Gasteiger partial charge in [0.25, 0.3) is 5.91 Å². The molecule has 120 valence electrons. The molecule has 1 heterocycles. The quantitative estimate of drug-likeness (QED) is 0.885. The largest absolute Gasteiger partial charge is 0.480 e. The number of nitrogens with one attached hydrogen (secondary N) is 1. The fourth-order valence-electron chi connectivity index (χ4n) is 3.00. The Bertz CT molecular complexity index is 703. The minimum Gasteiger partial charge on any atom is -0.480 e. The summed E-state index contributed by atoms with van der Waals surface area (Å²) in [5.74, 6) is -1.34. The Hall–Kier alpha value is -2.63. The van der Waals surface area contributed by atoms with E-state index >= 15 is 0 Å². The van der Waals surface area contributed by atoms with Crippen LogP contribution in [0.5, 0.6) is 0 Å². The highest BCUT2D eigenvalue weighted by Crippen LogP contribution is 2.30. The molecule has 2 N–H and O–H groups in total. The van der Waals surface area contributed by atoms with Crippen LogP contribution in [0.15, 0.2) is 42.7 Å². The van der Waals surface area contributed by atoms with E-state index in [1.807, 2.05) is 30.3 Å². The van der Waals surface area contributed by atoms with Gasteiger partial charge < -0.3 is 10.4 Å². The number of carboxylic acid groups (broad SMARTS) is 1. The molecule has 0 saturated heterocycles. The SMILES string of the molecule is O=C(NC1(C(=O)O)CCCC1)c1cnn(Cc2ccccc2)c1. The topological polar surface area (TPSA) is 84.2 Å². The molecular formula is C17H19N3O3. The predicted octanol–water partition coefficient (Wildman–Crippen LogP) is 2.06. The van der Waals surface area contributed by atoms with E-state index in [0.717, 1.165) is 18.4 Å². The van der Waals surface area contributed by atoms with Crippen molar-refractivity contribution in [3.05, 3.63) is 53.9 Å². The third-order valence-electron chi connectivity index (χ3n) is 4.30. The molecule has 23 heavy (non-hydrogen) atoms. The Kier molecular flexibility index (Phi) is 4.14. The summed E-state index contributed by atoms with van der Waals surface area (Å²) in [4.78, 5) is 23.8. The third-order valence-corrected chi connectivity index (χ3v) is 4.30. The number of aliphatic carboxylic acids is 1. The van der Waals surface area contributed by atoms with Gasteiger partial charge in [0.1, 0.15) is 5.54 Å². The molecule has 1 fully saturated rings. The summed E-state index contributed by atoms with van der Waals surface area (Å²) in [5.41, 5.74) is 0.340. The first-order valence-corrected chi connectivity index (χ1v) is 7.71. The van der Waals surface area contributed by atoms with Crippen molar-refractivity contribution >= 4 is 11.9 Å². The summed E-state index contributed by atoms with van der Waals surface area (Å²) >= 11 is 0. The van der Waals surface area contributed by atoms with Crippen LogP contribution in [0.3, 0.4) is 0 Å². The zero-order valence-electron chi connectivity index (χ0n) is 12.7. The molecule has 0 atom stereocenters. The van der Waals surface area contributed by atoms with E-state index in [9.17, 15) is 14.7 Å². The van der Waals surface area contributed by atoms with Crippen molar-refractivity contribution in [1.82, 2.24) is 15.1 Å². The van der Waals surface area contributed by atoms with Crippen LogP contribution in [0.25, 0.3) is 0 Å². The van der Waals surface area contributed by atoms with Gasteiger partial charge in [-0.15, -0.1) is 0 Å². The molecule has 0 radical (unpaired) electrons. The van der Waals surface area contributed by atoms with Crippen molar-refractivity contribution in [1.29, 1.82) is 0 Å². The van der Waals surface area contributed by atoms with Crippen LogP contribution < -0.4 is 5.32 Å². The molecule has 1 saturated carbocycles. The maximum absolute atomic E-state index is 12.3. The minimum absolute atomic E-state index is 0.381. The Morgan fingerprint density at radius 1 is 1.22 bits per heavy atom. The summed E-state index contributed by atoms with van der Waals surface area (Å²) in [7, 11) is 0. The van der Waals surface area contributed by atoms with Crippen LogP contribution in [-0.2, 0) is 11.3 Å². The van der Waals surface area contributed by atoms with Crippen LogP contribution in [0.4, 0.5) is 0 Å². The number of carboxylic acids is 1. The normalized spacial score (nSPS) is 16.2. The van der Waals surface area contributed by atoms with Gasteiger partial charge in [-0.3, -0.25) is 9.48 Å². The standard InChI is InChI=1S/C17H19N3O3/c21-15(19-17(16(22)23)8-4-5-9-17)14-10-18-20(12-14)11-13-6-2-1-3-7-13/h1-3,6-7,10,12H,4-5,8-9,11H2,(H,19,21)(H,22,23). The zero-order chi connectivity index (χ0) is 16.3. The average Bonchev–Trinajstić information content (AvgIpc) is 3.18. The van der Waals surface area contributed by atoms with Gasteiger partial charge in [0.05, 0.1) is 18.3 Å². The lowest BCUT2D eigenvalue weighted by molar-refractivity contribution is -0.144. The molecule has 1 aromatic carbocycles. The number of nitrogens with zero attached hydrogens (tertiary/aromatic N) is 2. The number of rotatable bonds is 5. The number of carbonyl (C=O) groups is 2. The average molecular weight is 313 g/mol. The number of amides is 1. The first kappa shape index (κ1) is 15.3. The number of carbonyl (C=O) groups excluding carboxylic acids is 1. The van der Waals surface area contributed by atoms with Crippen LogP contribution in [-0.4, -0.2) is 32.3 Å². The second-order valence-electron chi connectivity index (χ2n) is 5.96. The summed E-state index contributed by atoms with van der Waals surface area (Å²) < 4.78 is 1.67. The molecule has 1 amide bonds. The number of hydrogen-bond donors (Lipinski definition) is 2. The Labute approximate surface area is 134 Å². The van der Waals surface area contributed by atoms with E-state index < -0.39 is 11.5 Å². The molecule has 3 rings (SSSR count). The van der Waals surface area contributed by atoms with Crippen molar-refractivity contribution in [3.63, 3.8) is 0 Å². The van der Waals surface area contributed by atoms with Crippen LogP contribution >= 0.6 is 0 Å². The first-order valence-electron chi connectivity index (χ1n) is 7.71. The summed E-state index contributed by atoms with van der Waals surface area (Å²) in [5, 5.41) is 16.3. The highest BCUT2D eigenvalue weighted by Gasteiger charge is 2.42. The predicted molar refractivity (Wildman–Crippen MR) is 84.1 cm³/mol. The highest BCUT2D eigenvalue weighted by atomic mass is 16.4. The maximum atomic E-state index is 12.3. The van der Waals surface area contributed by atoms with Crippen molar-refractivity contribution in [3.8, 4) is 0 Å². The van der Waals surface area contributed by atoms with E-state index in [-0.39, 0.29) is 5.91 Å². The summed E-state index contributed by atoms with van der Waals surface area (Å²) in [6.07, 6.45) is 5.72. The van der Waals surface area contributed by atoms with Gasteiger partial charge in [0.2, 0.25) is 0 Å². The monoisotopic (exact) mass is 313 g/mol. The van der Waals surface area contributed by atoms with Crippen LogP contribution in [0, 0.1) is 0 Å². The van der Waals surface area contributed by atoms with E-state index in [1.54, 1.807) is 10.9 Å². The Morgan fingerprint density at radius 3 is 2.57 bits per heavy atom. The molecule has 1 aromatic heterocycles. The lowest BCUT2D eigenvalue weighted by Gasteiger charge is -2.24. The van der Waals surface area contributed by atoms with Crippen molar-refractivity contribution in [2.24, 2.45) is 0 Å². The molecule has 2 aromatic rings. The highest BCUT2D eigenvalue weighted by molar-refractivity contribution is 5.97. The van der Waals surface area contributed by atoms with Crippen LogP contribution in [0.2, 0.25) is 0 Å². The smallest absolute Gasteiger partial charge is 0.329 e. The molecule has 6 heteroatoms. The molecule has 0 unspecified atom stereocenters. The fourth-order valence-corrected chi connectivity index (χ4v) is 3.00. The van der Waals surface area contributed by atoms with Crippen molar-refractivity contribution in [2.45, 2.75) is 37.8 Å². The van der Waals surface area contributed by atoms with Gasteiger partial charge in [-0.2, -0.15) is 5.10 Å².